The Labute approximate surface area is 164 Å². The van der Waals surface area contributed by atoms with E-state index in [2.05, 4.69) is 31.9 Å². The number of para-hydroxylation sites is 1. The van der Waals surface area contributed by atoms with E-state index in [0.717, 1.165) is 10.5 Å². The van der Waals surface area contributed by atoms with Gasteiger partial charge in [-0.25, -0.2) is 4.79 Å². The SMILES string of the molecule is CC1=C(C(=O)Nc2ccccc2C(F)(F)F)C(c2cc(Br)cs2)NC(=O)N1. The molecule has 0 saturated carbocycles. The number of rotatable bonds is 3. The highest BCUT2D eigenvalue weighted by atomic mass is 79.9. The third-order valence-electron chi connectivity index (χ3n) is 3.87. The number of carbonyl (C=O) groups is 2. The van der Waals surface area contributed by atoms with Gasteiger partial charge in [-0.2, -0.15) is 13.2 Å². The maximum absolute atomic E-state index is 13.2. The first-order chi connectivity index (χ1) is 12.7. The van der Waals surface area contributed by atoms with Gasteiger partial charge in [0.05, 0.1) is 22.9 Å². The van der Waals surface area contributed by atoms with Crippen LogP contribution in [0.3, 0.4) is 0 Å². The smallest absolute Gasteiger partial charge is 0.326 e. The molecular weight excluding hydrogens is 447 g/mol. The summed E-state index contributed by atoms with van der Waals surface area (Å²) in [5.74, 6) is -0.730. The first-order valence-electron chi connectivity index (χ1n) is 7.66. The number of carbonyl (C=O) groups excluding carboxylic acids is 2. The number of alkyl halides is 3. The van der Waals surface area contributed by atoms with Gasteiger partial charge >= 0.3 is 12.2 Å². The molecule has 3 amide bonds. The molecule has 0 bridgehead atoms. The second-order valence-corrected chi connectivity index (χ2v) is 7.59. The fourth-order valence-electron chi connectivity index (χ4n) is 2.72. The molecule has 27 heavy (non-hydrogen) atoms. The molecular formula is C17H13BrF3N3O2S. The van der Waals surface area contributed by atoms with E-state index in [9.17, 15) is 22.8 Å². The number of hydrogen-bond donors (Lipinski definition) is 3. The molecule has 0 spiro atoms. The maximum atomic E-state index is 13.2. The Bertz CT molecular complexity index is 940. The Kier molecular flexibility index (Phi) is 5.29. The van der Waals surface area contributed by atoms with Crippen molar-refractivity contribution in [3.05, 3.63) is 61.9 Å². The van der Waals surface area contributed by atoms with Crippen molar-refractivity contribution >= 4 is 44.9 Å². The average molecular weight is 460 g/mol. The highest BCUT2D eigenvalue weighted by Crippen LogP contribution is 2.36. The highest BCUT2D eigenvalue weighted by molar-refractivity contribution is 9.10. The van der Waals surface area contributed by atoms with Crippen molar-refractivity contribution in [2.75, 3.05) is 5.32 Å². The molecule has 1 atom stereocenters. The summed E-state index contributed by atoms with van der Waals surface area (Å²) in [7, 11) is 0. The van der Waals surface area contributed by atoms with Gasteiger partial charge < -0.3 is 16.0 Å². The zero-order valence-corrected chi connectivity index (χ0v) is 16.2. The van der Waals surface area contributed by atoms with E-state index in [0.29, 0.717) is 4.88 Å². The fraction of sp³-hybridized carbons (Fsp3) is 0.176. The molecule has 142 valence electrons. The van der Waals surface area contributed by atoms with E-state index in [4.69, 9.17) is 0 Å². The van der Waals surface area contributed by atoms with Crippen LogP contribution < -0.4 is 16.0 Å². The van der Waals surface area contributed by atoms with Gasteiger partial charge in [-0.1, -0.05) is 12.1 Å². The first kappa shape index (κ1) is 19.4. The minimum Gasteiger partial charge on any atom is -0.326 e. The zero-order chi connectivity index (χ0) is 19.8. The van der Waals surface area contributed by atoms with Crippen molar-refractivity contribution in [3.8, 4) is 0 Å². The highest BCUT2D eigenvalue weighted by Gasteiger charge is 2.36. The van der Waals surface area contributed by atoms with Gasteiger partial charge in [0.15, 0.2) is 0 Å². The van der Waals surface area contributed by atoms with Crippen molar-refractivity contribution in [2.24, 2.45) is 0 Å². The van der Waals surface area contributed by atoms with Gasteiger partial charge in [0.25, 0.3) is 5.91 Å². The lowest BCUT2D eigenvalue weighted by atomic mass is 10.00. The third kappa shape index (κ3) is 4.16. The number of anilines is 1. The molecule has 3 rings (SSSR count). The molecule has 1 aliphatic rings. The van der Waals surface area contributed by atoms with E-state index >= 15 is 0 Å². The van der Waals surface area contributed by atoms with Crippen LogP contribution in [0.5, 0.6) is 0 Å². The van der Waals surface area contributed by atoms with Gasteiger partial charge in [0.1, 0.15) is 0 Å². The largest absolute Gasteiger partial charge is 0.418 e. The molecule has 3 N–H and O–H groups in total. The Balaban J connectivity index is 1.97. The first-order valence-corrected chi connectivity index (χ1v) is 9.34. The molecule has 10 heteroatoms. The monoisotopic (exact) mass is 459 g/mol. The summed E-state index contributed by atoms with van der Waals surface area (Å²) in [6, 6.07) is 5.21. The molecule has 5 nitrogen and oxygen atoms in total. The lowest BCUT2D eigenvalue weighted by Crippen LogP contribution is -2.45. The summed E-state index contributed by atoms with van der Waals surface area (Å²) in [5.41, 5.74) is -0.880. The Hall–Kier alpha value is -2.33. The van der Waals surface area contributed by atoms with E-state index in [-0.39, 0.29) is 17.0 Å². The fourth-order valence-corrected chi connectivity index (χ4v) is 4.22. The molecule has 0 radical (unpaired) electrons. The van der Waals surface area contributed by atoms with Crippen LogP contribution in [-0.2, 0) is 11.0 Å². The summed E-state index contributed by atoms with van der Waals surface area (Å²) in [5, 5.41) is 9.23. The number of nitrogens with one attached hydrogen (secondary N) is 3. The summed E-state index contributed by atoms with van der Waals surface area (Å²) in [6.45, 7) is 1.53. The molecule has 0 aliphatic carbocycles. The summed E-state index contributed by atoms with van der Waals surface area (Å²) in [6.07, 6.45) is -4.61. The van der Waals surface area contributed by atoms with Crippen LogP contribution in [0.25, 0.3) is 0 Å². The Morgan fingerprint density at radius 2 is 2.00 bits per heavy atom. The summed E-state index contributed by atoms with van der Waals surface area (Å²) in [4.78, 5) is 25.3. The number of hydrogen-bond acceptors (Lipinski definition) is 3. The van der Waals surface area contributed by atoms with Crippen molar-refractivity contribution < 1.29 is 22.8 Å². The average Bonchev–Trinajstić information content (AvgIpc) is 3.00. The molecule has 0 saturated heterocycles. The Morgan fingerprint density at radius 1 is 1.30 bits per heavy atom. The molecule has 1 aromatic carbocycles. The van der Waals surface area contributed by atoms with Crippen LogP contribution in [0.1, 0.15) is 23.4 Å². The van der Waals surface area contributed by atoms with E-state index in [1.54, 1.807) is 11.4 Å². The van der Waals surface area contributed by atoms with Crippen LogP contribution in [0.15, 0.2) is 51.5 Å². The standard InChI is InChI=1S/C17H13BrF3N3O2S/c1-8-13(14(24-16(26)22-8)12-6-9(18)7-27-12)15(25)23-11-5-3-2-4-10(11)17(19,20)21/h2-7,14H,1H3,(H,23,25)(H2,22,24,26). The van der Waals surface area contributed by atoms with Crippen LogP contribution in [-0.4, -0.2) is 11.9 Å². The summed E-state index contributed by atoms with van der Waals surface area (Å²) >= 11 is 4.62. The normalized spacial score (nSPS) is 17.4. The van der Waals surface area contributed by atoms with E-state index in [1.165, 1.54) is 36.5 Å². The minimum absolute atomic E-state index is 0.140. The topological polar surface area (TPSA) is 70.2 Å². The Morgan fingerprint density at radius 3 is 2.63 bits per heavy atom. The van der Waals surface area contributed by atoms with Gasteiger partial charge in [0.2, 0.25) is 0 Å². The number of thiophene rings is 1. The number of halogens is 4. The lowest BCUT2D eigenvalue weighted by Gasteiger charge is -2.28. The van der Waals surface area contributed by atoms with E-state index in [1.807, 2.05) is 0 Å². The summed E-state index contributed by atoms with van der Waals surface area (Å²) < 4.78 is 40.3. The number of amides is 3. The van der Waals surface area contributed by atoms with Crippen molar-refractivity contribution in [1.29, 1.82) is 0 Å². The third-order valence-corrected chi connectivity index (χ3v) is 5.63. The van der Waals surface area contributed by atoms with Gasteiger partial charge in [-0.05, 0) is 41.1 Å². The number of benzene rings is 1. The van der Waals surface area contributed by atoms with Gasteiger partial charge in [0, 0.05) is 20.4 Å². The quantitative estimate of drug-likeness (QED) is 0.616. The maximum Gasteiger partial charge on any atom is 0.418 e. The number of allylic oxidation sites excluding steroid dienone is 1. The van der Waals surface area contributed by atoms with Crippen LogP contribution in [0.2, 0.25) is 0 Å². The molecule has 1 unspecified atom stereocenters. The van der Waals surface area contributed by atoms with Crippen molar-refractivity contribution in [3.63, 3.8) is 0 Å². The zero-order valence-electron chi connectivity index (χ0n) is 13.8. The van der Waals surface area contributed by atoms with E-state index < -0.39 is 29.7 Å². The molecule has 1 aromatic heterocycles. The van der Waals surface area contributed by atoms with Gasteiger partial charge in [-0.15, -0.1) is 11.3 Å². The van der Waals surface area contributed by atoms with Crippen molar-refractivity contribution in [1.82, 2.24) is 10.6 Å². The second kappa shape index (κ2) is 7.35. The second-order valence-electron chi connectivity index (χ2n) is 5.73. The molecule has 2 heterocycles. The molecule has 2 aromatic rings. The number of urea groups is 1. The van der Waals surface area contributed by atoms with Crippen LogP contribution >= 0.6 is 27.3 Å². The predicted molar refractivity (Wildman–Crippen MR) is 99.2 cm³/mol. The molecule has 1 aliphatic heterocycles. The lowest BCUT2D eigenvalue weighted by molar-refractivity contribution is -0.137. The van der Waals surface area contributed by atoms with Crippen LogP contribution in [0.4, 0.5) is 23.7 Å². The molecule has 0 fully saturated rings. The van der Waals surface area contributed by atoms with Gasteiger partial charge in [-0.3, -0.25) is 4.79 Å². The van der Waals surface area contributed by atoms with Crippen LogP contribution in [0, 0.1) is 0 Å². The predicted octanol–water partition coefficient (Wildman–Crippen LogP) is 4.80. The van der Waals surface area contributed by atoms with Crippen molar-refractivity contribution in [2.45, 2.75) is 19.1 Å². The minimum atomic E-state index is -4.61.